The molecular weight excluding hydrogens is 385 g/mol. The molecule has 0 bridgehead atoms. The standard InChI is InChI=1S/C16H9Cl2N3O5/c17-10-3-1-2-9(13(10)18)12-7-5-8(26-12)4-6-11-14(21(24)25)15(22)20-16(23)19-11/h1-7H,(H2,19,20,22,23). The number of furan rings is 1. The Bertz CT molecular complexity index is 1140. The van der Waals surface area contributed by atoms with Crippen LogP contribution in [0.1, 0.15) is 11.5 Å². The molecule has 0 aliphatic heterocycles. The van der Waals surface area contributed by atoms with E-state index in [0.717, 1.165) is 0 Å². The van der Waals surface area contributed by atoms with Gasteiger partial charge in [0.15, 0.2) is 0 Å². The van der Waals surface area contributed by atoms with E-state index in [-0.39, 0.29) is 5.69 Å². The summed E-state index contributed by atoms with van der Waals surface area (Å²) in [6.45, 7) is 0. The first-order valence-corrected chi connectivity index (χ1v) is 7.85. The highest BCUT2D eigenvalue weighted by Crippen LogP contribution is 2.34. The molecule has 3 aromatic rings. The summed E-state index contributed by atoms with van der Waals surface area (Å²) in [6.07, 6.45) is 2.58. The molecular formula is C16H9Cl2N3O5. The van der Waals surface area contributed by atoms with Gasteiger partial charge in [-0.1, -0.05) is 29.3 Å². The third-order valence-corrected chi connectivity index (χ3v) is 4.21. The summed E-state index contributed by atoms with van der Waals surface area (Å²) in [5.41, 5.74) is -2.39. The number of aromatic amines is 2. The number of nitro groups is 1. The van der Waals surface area contributed by atoms with Gasteiger partial charge in [0.05, 0.1) is 15.0 Å². The van der Waals surface area contributed by atoms with Crippen LogP contribution in [0.15, 0.2) is 44.3 Å². The van der Waals surface area contributed by atoms with Gasteiger partial charge in [-0.15, -0.1) is 0 Å². The minimum absolute atomic E-state index is 0.248. The van der Waals surface area contributed by atoms with Gasteiger partial charge in [0.1, 0.15) is 17.2 Å². The van der Waals surface area contributed by atoms with Crippen molar-refractivity contribution in [2.75, 3.05) is 0 Å². The molecule has 0 atom stereocenters. The van der Waals surface area contributed by atoms with Crippen molar-refractivity contribution in [1.29, 1.82) is 0 Å². The number of H-pyrrole nitrogens is 2. The average molecular weight is 394 g/mol. The minimum Gasteiger partial charge on any atom is -0.457 e. The van der Waals surface area contributed by atoms with Crippen LogP contribution < -0.4 is 11.2 Å². The number of hydrogen-bond acceptors (Lipinski definition) is 5. The van der Waals surface area contributed by atoms with Crippen LogP contribution in [-0.2, 0) is 0 Å². The molecule has 0 spiro atoms. The quantitative estimate of drug-likeness (QED) is 0.516. The third-order valence-electron chi connectivity index (χ3n) is 3.39. The molecule has 2 aromatic heterocycles. The number of rotatable bonds is 4. The van der Waals surface area contributed by atoms with Crippen molar-refractivity contribution in [2.24, 2.45) is 0 Å². The predicted octanol–water partition coefficient (Wildman–Crippen LogP) is 3.71. The highest BCUT2D eigenvalue weighted by atomic mass is 35.5. The average Bonchev–Trinajstić information content (AvgIpc) is 3.03. The summed E-state index contributed by atoms with van der Waals surface area (Å²) in [4.78, 5) is 37.0. The molecule has 132 valence electrons. The molecule has 0 amide bonds. The van der Waals surface area contributed by atoms with Crippen LogP contribution in [0.5, 0.6) is 0 Å². The molecule has 0 saturated heterocycles. The largest absolute Gasteiger partial charge is 0.457 e. The van der Waals surface area contributed by atoms with E-state index in [1.807, 2.05) is 0 Å². The number of aromatic nitrogens is 2. The van der Waals surface area contributed by atoms with Gasteiger partial charge >= 0.3 is 16.9 Å². The van der Waals surface area contributed by atoms with Crippen LogP contribution in [0.3, 0.4) is 0 Å². The summed E-state index contributed by atoms with van der Waals surface area (Å²) < 4.78 is 5.61. The Kier molecular flexibility index (Phi) is 4.79. The molecule has 10 heteroatoms. The lowest BCUT2D eigenvalue weighted by atomic mass is 10.2. The Morgan fingerprint density at radius 1 is 1.08 bits per heavy atom. The molecule has 3 rings (SSSR count). The van der Waals surface area contributed by atoms with E-state index in [0.29, 0.717) is 27.1 Å². The van der Waals surface area contributed by atoms with Gasteiger partial charge in [0.2, 0.25) is 0 Å². The summed E-state index contributed by atoms with van der Waals surface area (Å²) in [5, 5.41) is 11.7. The topological polar surface area (TPSA) is 122 Å². The molecule has 2 heterocycles. The van der Waals surface area contributed by atoms with E-state index in [1.54, 1.807) is 35.3 Å². The molecule has 8 nitrogen and oxygen atoms in total. The van der Waals surface area contributed by atoms with Gasteiger partial charge in [-0.05, 0) is 36.4 Å². The molecule has 26 heavy (non-hydrogen) atoms. The van der Waals surface area contributed by atoms with Crippen LogP contribution in [0.4, 0.5) is 5.69 Å². The first-order chi connectivity index (χ1) is 12.4. The van der Waals surface area contributed by atoms with E-state index >= 15 is 0 Å². The number of nitrogens with one attached hydrogen (secondary N) is 2. The molecule has 0 aliphatic carbocycles. The molecule has 0 radical (unpaired) electrons. The summed E-state index contributed by atoms with van der Waals surface area (Å²) in [5.74, 6) is 0.762. The normalized spacial score (nSPS) is 11.2. The summed E-state index contributed by atoms with van der Waals surface area (Å²) >= 11 is 12.1. The molecule has 0 unspecified atom stereocenters. The van der Waals surface area contributed by atoms with Crippen molar-refractivity contribution in [1.82, 2.24) is 9.97 Å². The molecule has 0 saturated carbocycles. The van der Waals surface area contributed by atoms with E-state index in [2.05, 4.69) is 4.98 Å². The van der Waals surface area contributed by atoms with E-state index in [4.69, 9.17) is 27.6 Å². The second-order valence-electron chi connectivity index (χ2n) is 5.06. The Balaban J connectivity index is 1.98. The highest BCUT2D eigenvalue weighted by Gasteiger charge is 2.19. The van der Waals surface area contributed by atoms with Crippen molar-refractivity contribution < 1.29 is 9.34 Å². The monoisotopic (exact) mass is 393 g/mol. The van der Waals surface area contributed by atoms with Gasteiger partial charge < -0.3 is 9.40 Å². The smallest absolute Gasteiger partial charge is 0.357 e. The van der Waals surface area contributed by atoms with E-state index in [1.165, 1.54) is 12.2 Å². The van der Waals surface area contributed by atoms with Gasteiger partial charge in [0.25, 0.3) is 0 Å². The summed E-state index contributed by atoms with van der Waals surface area (Å²) in [6, 6.07) is 8.32. The van der Waals surface area contributed by atoms with Gasteiger partial charge in [-0.3, -0.25) is 19.9 Å². The molecule has 0 aliphatic rings. The maximum Gasteiger partial charge on any atom is 0.357 e. The fourth-order valence-electron chi connectivity index (χ4n) is 2.25. The lowest BCUT2D eigenvalue weighted by molar-refractivity contribution is -0.386. The van der Waals surface area contributed by atoms with Crippen LogP contribution in [0.25, 0.3) is 23.5 Å². The Morgan fingerprint density at radius 3 is 2.58 bits per heavy atom. The van der Waals surface area contributed by atoms with E-state index in [9.17, 15) is 19.7 Å². The molecule has 1 aromatic carbocycles. The zero-order valence-electron chi connectivity index (χ0n) is 12.8. The van der Waals surface area contributed by atoms with Crippen molar-refractivity contribution in [3.63, 3.8) is 0 Å². The van der Waals surface area contributed by atoms with Crippen molar-refractivity contribution in [3.8, 4) is 11.3 Å². The Labute approximate surface area is 154 Å². The fraction of sp³-hybridized carbons (Fsp3) is 0. The zero-order chi connectivity index (χ0) is 18.8. The number of halogens is 2. The van der Waals surface area contributed by atoms with Gasteiger partial charge in [-0.2, -0.15) is 0 Å². The Hall–Kier alpha value is -3.10. The van der Waals surface area contributed by atoms with Gasteiger partial charge in [0, 0.05) is 5.56 Å². The summed E-state index contributed by atoms with van der Waals surface area (Å²) in [7, 11) is 0. The van der Waals surface area contributed by atoms with Crippen molar-refractivity contribution in [3.05, 3.63) is 82.8 Å². The third kappa shape index (κ3) is 3.46. The first kappa shape index (κ1) is 17.7. The number of hydrogen-bond donors (Lipinski definition) is 2. The van der Waals surface area contributed by atoms with Crippen LogP contribution in [0, 0.1) is 10.1 Å². The SMILES string of the molecule is O=c1[nH]c(C=Cc2ccc(-c3cccc(Cl)c3Cl)o2)c([N+](=O)[O-])c(=O)[nH]1. The maximum absolute atomic E-state index is 11.6. The first-order valence-electron chi connectivity index (χ1n) is 7.10. The second-order valence-corrected chi connectivity index (χ2v) is 5.85. The van der Waals surface area contributed by atoms with Crippen LogP contribution in [0.2, 0.25) is 10.0 Å². The maximum atomic E-state index is 11.6. The van der Waals surface area contributed by atoms with Crippen LogP contribution in [-0.4, -0.2) is 14.9 Å². The lowest BCUT2D eigenvalue weighted by Crippen LogP contribution is -2.25. The van der Waals surface area contributed by atoms with Crippen LogP contribution >= 0.6 is 23.2 Å². The second kappa shape index (κ2) is 7.03. The molecule has 2 N–H and O–H groups in total. The fourth-order valence-corrected chi connectivity index (χ4v) is 2.64. The zero-order valence-corrected chi connectivity index (χ0v) is 14.3. The van der Waals surface area contributed by atoms with E-state index < -0.39 is 21.9 Å². The lowest BCUT2D eigenvalue weighted by Gasteiger charge is -2.01. The highest BCUT2D eigenvalue weighted by molar-refractivity contribution is 6.43. The predicted molar refractivity (Wildman–Crippen MR) is 97.4 cm³/mol. The number of benzene rings is 1. The van der Waals surface area contributed by atoms with Gasteiger partial charge in [-0.25, -0.2) is 4.79 Å². The van der Waals surface area contributed by atoms with Crippen molar-refractivity contribution >= 4 is 41.0 Å². The minimum atomic E-state index is -1.09. The Morgan fingerprint density at radius 2 is 1.85 bits per heavy atom. The number of nitrogens with zero attached hydrogens (tertiary/aromatic N) is 1. The molecule has 0 fully saturated rings. The van der Waals surface area contributed by atoms with Crippen molar-refractivity contribution in [2.45, 2.75) is 0 Å².